The Hall–Kier alpha value is -1.70. The average Bonchev–Trinajstić information content (AvgIpc) is 2.15. The first-order valence-electron chi connectivity index (χ1n) is 3.63. The van der Waals surface area contributed by atoms with Gasteiger partial charge in [0.25, 0.3) is 0 Å². The van der Waals surface area contributed by atoms with E-state index in [1.807, 2.05) is 24.3 Å². The molecule has 1 aromatic carbocycles. The van der Waals surface area contributed by atoms with Gasteiger partial charge in [0.1, 0.15) is 0 Å². The molecule has 0 unspecified atom stereocenters. The van der Waals surface area contributed by atoms with E-state index in [1.165, 1.54) is 6.20 Å². The summed E-state index contributed by atoms with van der Waals surface area (Å²) in [4.78, 5) is 0. The van der Waals surface area contributed by atoms with Crippen LogP contribution >= 0.6 is 0 Å². The highest BCUT2D eigenvalue weighted by atomic mass is 14.9. The monoisotopic (exact) mass is 158 g/mol. The second-order valence-electron chi connectivity index (χ2n) is 2.28. The van der Waals surface area contributed by atoms with E-state index in [2.05, 4.69) is 11.7 Å². The topological polar surface area (TPSA) is 36.2 Å². The van der Waals surface area contributed by atoms with Crippen molar-refractivity contribution in [3.05, 3.63) is 48.2 Å². The van der Waals surface area contributed by atoms with E-state index in [9.17, 15) is 0 Å². The van der Waals surface area contributed by atoms with Gasteiger partial charge < -0.3 is 0 Å². The van der Waals surface area contributed by atoms with E-state index in [0.29, 0.717) is 0 Å². The minimum Gasteiger partial charge on any atom is -0.205 e. The first kappa shape index (κ1) is 8.40. The third-order valence-electron chi connectivity index (χ3n) is 1.54. The lowest BCUT2D eigenvalue weighted by molar-refractivity contribution is 1.15. The Morgan fingerprint density at radius 1 is 1.25 bits per heavy atom. The van der Waals surface area contributed by atoms with Crippen molar-refractivity contribution in [2.45, 2.75) is 0 Å². The number of benzene rings is 1. The van der Waals surface area contributed by atoms with Crippen LogP contribution < -0.4 is 0 Å². The molecule has 0 amide bonds. The van der Waals surface area contributed by atoms with Crippen molar-refractivity contribution in [1.29, 1.82) is 5.53 Å². The summed E-state index contributed by atoms with van der Waals surface area (Å²) >= 11 is 0. The Balaban J connectivity index is 3.04. The molecule has 2 heteroatoms. The Morgan fingerprint density at radius 2 is 1.92 bits per heavy atom. The number of hydrogen-bond donors (Lipinski definition) is 1. The molecule has 0 aromatic heterocycles. The first-order chi connectivity index (χ1) is 5.88. The third kappa shape index (κ3) is 1.89. The average molecular weight is 158 g/mol. The van der Waals surface area contributed by atoms with E-state index >= 15 is 0 Å². The predicted molar refractivity (Wildman–Crippen MR) is 50.7 cm³/mol. The minimum absolute atomic E-state index is 1.03. The van der Waals surface area contributed by atoms with Gasteiger partial charge in [-0.2, -0.15) is 5.11 Å². The second-order valence-corrected chi connectivity index (χ2v) is 2.28. The summed E-state index contributed by atoms with van der Waals surface area (Å²) in [6.07, 6.45) is 5.01. The van der Waals surface area contributed by atoms with Crippen molar-refractivity contribution in [1.82, 2.24) is 0 Å². The number of rotatable bonds is 3. The molecule has 60 valence electrons. The van der Waals surface area contributed by atoms with Gasteiger partial charge in [-0.25, -0.2) is 5.53 Å². The normalized spacial score (nSPS) is 10.0. The molecule has 0 atom stereocenters. The van der Waals surface area contributed by atoms with Crippen LogP contribution in [0.2, 0.25) is 0 Å². The van der Waals surface area contributed by atoms with Crippen molar-refractivity contribution in [2.75, 3.05) is 0 Å². The predicted octanol–water partition coefficient (Wildman–Crippen LogP) is 3.33. The van der Waals surface area contributed by atoms with Crippen LogP contribution in [-0.2, 0) is 0 Å². The molecule has 0 fully saturated rings. The Bertz CT molecular complexity index is 313. The number of nitrogens with one attached hydrogen (secondary N) is 1. The molecule has 12 heavy (non-hydrogen) atoms. The van der Waals surface area contributed by atoms with Crippen LogP contribution in [-0.4, -0.2) is 0 Å². The minimum atomic E-state index is 1.03. The molecule has 2 nitrogen and oxygen atoms in total. The molecule has 0 saturated heterocycles. The summed E-state index contributed by atoms with van der Waals surface area (Å²) in [6, 6.07) is 7.82. The largest absolute Gasteiger partial charge is 0.205 e. The summed E-state index contributed by atoms with van der Waals surface area (Å²) in [5.41, 5.74) is 8.68. The molecule has 1 N–H and O–H groups in total. The number of hydrogen-bond acceptors (Lipinski definition) is 2. The third-order valence-corrected chi connectivity index (χ3v) is 1.54. The van der Waals surface area contributed by atoms with E-state index in [1.54, 1.807) is 12.2 Å². The fraction of sp³-hybridized carbons (Fsp3) is 0. The molecule has 0 aliphatic carbocycles. The maximum Gasteiger partial charge on any atom is 0.0494 e. The zero-order valence-corrected chi connectivity index (χ0v) is 6.70. The number of nitrogens with zero attached hydrogens (tertiary/aromatic N) is 1. The molecular weight excluding hydrogens is 148 g/mol. The fourth-order valence-corrected chi connectivity index (χ4v) is 0.966. The van der Waals surface area contributed by atoms with Gasteiger partial charge in [-0.15, -0.1) is 0 Å². The van der Waals surface area contributed by atoms with Gasteiger partial charge in [0.15, 0.2) is 0 Å². The van der Waals surface area contributed by atoms with Crippen LogP contribution in [0, 0.1) is 5.53 Å². The molecule has 0 aliphatic rings. The van der Waals surface area contributed by atoms with Gasteiger partial charge in [0, 0.05) is 6.20 Å². The van der Waals surface area contributed by atoms with Gasteiger partial charge in [-0.1, -0.05) is 36.9 Å². The smallest absolute Gasteiger partial charge is 0.0494 e. The zero-order chi connectivity index (χ0) is 8.81. The lowest BCUT2D eigenvalue weighted by Crippen LogP contribution is -1.77. The molecule has 1 aromatic rings. The van der Waals surface area contributed by atoms with E-state index < -0.39 is 0 Å². The SMILES string of the molecule is C=Cc1ccccc1/C=C\N=N. The highest BCUT2D eigenvalue weighted by molar-refractivity contribution is 5.63. The Kier molecular flexibility index (Phi) is 2.96. The second kappa shape index (κ2) is 4.23. The molecule has 0 spiro atoms. The molecular formula is C10H10N2. The molecule has 1 rings (SSSR count). The van der Waals surface area contributed by atoms with Crippen LogP contribution in [0.3, 0.4) is 0 Å². The summed E-state index contributed by atoms with van der Waals surface area (Å²) in [6.45, 7) is 3.69. The van der Waals surface area contributed by atoms with Crippen molar-refractivity contribution < 1.29 is 0 Å². The maximum atomic E-state index is 6.59. The molecule has 0 saturated carbocycles. The van der Waals surface area contributed by atoms with Gasteiger partial charge in [0.05, 0.1) is 0 Å². The standard InChI is InChI=1S/C10H10N2/c1-2-9-5-3-4-6-10(9)7-8-12-11/h2-8,11H,1H2/b8-7-,12-11?. The van der Waals surface area contributed by atoms with E-state index in [-0.39, 0.29) is 0 Å². The molecule has 0 aliphatic heterocycles. The summed E-state index contributed by atoms with van der Waals surface area (Å²) < 4.78 is 0. The van der Waals surface area contributed by atoms with E-state index in [0.717, 1.165) is 11.1 Å². The van der Waals surface area contributed by atoms with Gasteiger partial charge in [0.2, 0.25) is 0 Å². The van der Waals surface area contributed by atoms with Crippen molar-refractivity contribution in [3.8, 4) is 0 Å². The van der Waals surface area contributed by atoms with Crippen molar-refractivity contribution in [3.63, 3.8) is 0 Å². The molecule has 0 heterocycles. The van der Waals surface area contributed by atoms with Crippen LogP contribution in [0.5, 0.6) is 0 Å². The first-order valence-corrected chi connectivity index (χ1v) is 3.63. The quantitative estimate of drug-likeness (QED) is 0.655. The van der Waals surface area contributed by atoms with Crippen molar-refractivity contribution in [2.24, 2.45) is 5.11 Å². The van der Waals surface area contributed by atoms with Gasteiger partial charge >= 0.3 is 0 Å². The van der Waals surface area contributed by atoms with Crippen LogP contribution in [0.15, 0.2) is 42.2 Å². The van der Waals surface area contributed by atoms with E-state index in [4.69, 9.17) is 5.53 Å². The summed E-state index contributed by atoms with van der Waals surface area (Å²) in [5.74, 6) is 0. The Morgan fingerprint density at radius 3 is 2.50 bits per heavy atom. The van der Waals surface area contributed by atoms with Gasteiger partial charge in [-0.3, -0.25) is 0 Å². The lowest BCUT2D eigenvalue weighted by Gasteiger charge is -1.97. The summed E-state index contributed by atoms with van der Waals surface area (Å²) in [5, 5.41) is 3.14. The lowest BCUT2D eigenvalue weighted by atomic mass is 10.1. The zero-order valence-electron chi connectivity index (χ0n) is 6.70. The molecule has 0 bridgehead atoms. The maximum absolute atomic E-state index is 6.59. The van der Waals surface area contributed by atoms with Crippen LogP contribution in [0.1, 0.15) is 11.1 Å². The summed E-state index contributed by atoms with van der Waals surface area (Å²) in [7, 11) is 0. The Labute approximate surface area is 71.7 Å². The van der Waals surface area contributed by atoms with Crippen LogP contribution in [0.4, 0.5) is 0 Å². The highest BCUT2D eigenvalue weighted by Gasteiger charge is 1.91. The highest BCUT2D eigenvalue weighted by Crippen LogP contribution is 2.11. The van der Waals surface area contributed by atoms with Gasteiger partial charge in [-0.05, 0) is 17.2 Å². The van der Waals surface area contributed by atoms with Crippen LogP contribution in [0.25, 0.3) is 12.2 Å². The molecule has 0 radical (unpaired) electrons. The van der Waals surface area contributed by atoms with Crippen molar-refractivity contribution >= 4 is 12.2 Å². The fourth-order valence-electron chi connectivity index (χ4n) is 0.966.